The molecular formula is C23H27N3O3. The number of anilines is 3. The molecule has 2 aromatic carbocycles. The van der Waals surface area contributed by atoms with Gasteiger partial charge in [0.25, 0.3) is 5.91 Å². The van der Waals surface area contributed by atoms with Gasteiger partial charge in [0, 0.05) is 20.1 Å². The van der Waals surface area contributed by atoms with E-state index in [4.69, 9.17) is 0 Å². The second-order valence-electron chi connectivity index (χ2n) is 7.85. The Balaban J connectivity index is 1.55. The van der Waals surface area contributed by atoms with Crippen molar-refractivity contribution in [2.24, 2.45) is 5.92 Å². The Morgan fingerprint density at radius 3 is 2.48 bits per heavy atom. The summed E-state index contributed by atoms with van der Waals surface area (Å²) in [5.74, 6) is -0.947. The average Bonchev–Trinajstić information content (AvgIpc) is 2.84. The lowest BCUT2D eigenvalue weighted by atomic mass is 9.98. The van der Waals surface area contributed by atoms with Crippen LogP contribution in [0.2, 0.25) is 0 Å². The molecular weight excluding hydrogens is 366 g/mol. The van der Waals surface area contributed by atoms with Crippen molar-refractivity contribution in [3.8, 4) is 0 Å². The van der Waals surface area contributed by atoms with E-state index >= 15 is 0 Å². The van der Waals surface area contributed by atoms with Crippen molar-refractivity contribution < 1.29 is 14.7 Å². The topological polar surface area (TPSA) is 64.1 Å². The number of fused-ring (bicyclic) bond motifs is 2. The number of carbonyl (C=O) groups excluding carboxylic acids is 1. The zero-order valence-corrected chi connectivity index (χ0v) is 16.8. The molecule has 1 fully saturated rings. The first-order valence-corrected chi connectivity index (χ1v) is 10.2. The van der Waals surface area contributed by atoms with Crippen LogP contribution in [0.25, 0.3) is 0 Å². The number of carboxylic acid groups (broad SMARTS) is 1. The number of benzene rings is 2. The van der Waals surface area contributed by atoms with Gasteiger partial charge in [-0.15, -0.1) is 0 Å². The standard InChI is InChI=1S/C23H27N3O3/c1-24-20-11-4-5-12-21(20)26(19-10-3-2-9-18(19)22(24)27)15-7-14-25-13-6-8-17(16-25)23(28)29/h2-5,9-12,17H,6-8,13-16H2,1H3,(H,28,29)/t17-/m1/s1. The van der Waals surface area contributed by atoms with E-state index < -0.39 is 5.97 Å². The normalized spacial score (nSPS) is 19.5. The van der Waals surface area contributed by atoms with E-state index in [9.17, 15) is 14.7 Å². The highest BCUT2D eigenvalue weighted by molar-refractivity contribution is 6.13. The smallest absolute Gasteiger partial charge is 0.307 e. The molecule has 4 rings (SSSR count). The summed E-state index contributed by atoms with van der Waals surface area (Å²) in [6, 6.07) is 15.8. The Hall–Kier alpha value is -2.86. The molecule has 1 atom stereocenters. The van der Waals surface area contributed by atoms with Crippen LogP contribution in [0.15, 0.2) is 48.5 Å². The summed E-state index contributed by atoms with van der Waals surface area (Å²) < 4.78 is 0. The van der Waals surface area contributed by atoms with Crippen LogP contribution in [0.1, 0.15) is 29.6 Å². The first-order valence-electron chi connectivity index (χ1n) is 10.2. The molecule has 6 nitrogen and oxygen atoms in total. The summed E-state index contributed by atoms with van der Waals surface area (Å²) in [5, 5.41) is 9.31. The number of likely N-dealkylation sites (tertiary alicyclic amines) is 1. The van der Waals surface area contributed by atoms with E-state index in [1.54, 1.807) is 4.90 Å². The van der Waals surface area contributed by atoms with E-state index in [1.807, 2.05) is 49.5 Å². The highest BCUT2D eigenvalue weighted by atomic mass is 16.4. The third kappa shape index (κ3) is 3.85. The van der Waals surface area contributed by atoms with Gasteiger partial charge in [-0.05, 0) is 56.6 Å². The van der Waals surface area contributed by atoms with E-state index in [0.29, 0.717) is 12.1 Å². The van der Waals surface area contributed by atoms with E-state index in [1.165, 1.54) is 0 Å². The van der Waals surface area contributed by atoms with Crippen LogP contribution in [0, 0.1) is 5.92 Å². The number of piperidine rings is 1. The first-order chi connectivity index (χ1) is 14.1. The highest BCUT2D eigenvalue weighted by Gasteiger charge is 2.29. The van der Waals surface area contributed by atoms with Crippen LogP contribution < -0.4 is 9.80 Å². The summed E-state index contributed by atoms with van der Waals surface area (Å²) in [6.45, 7) is 3.21. The number of hydrogen-bond donors (Lipinski definition) is 1. The fourth-order valence-electron chi connectivity index (χ4n) is 4.44. The molecule has 1 amide bonds. The molecule has 1 N–H and O–H groups in total. The Kier molecular flexibility index (Phi) is 5.53. The SMILES string of the molecule is CN1C(=O)c2ccccc2N(CCCN2CCC[C@@H](C(=O)O)C2)c2ccccc21. The van der Waals surface area contributed by atoms with Gasteiger partial charge in [-0.1, -0.05) is 24.3 Å². The zero-order valence-electron chi connectivity index (χ0n) is 16.8. The van der Waals surface area contributed by atoms with E-state index in [-0.39, 0.29) is 11.8 Å². The summed E-state index contributed by atoms with van der Waals surface area (Å²) in [5.41, 5.74) is 3.56. The lowest BCUT2D eigenvalue weighted by Crippen LogP contribution is -2.39. The molecule has 0 unspecified atom stereocenters. The molecule has 0 aromatic heterocycles. The molecule has 0 saturated carbocycles. The maximum absolute atomic E-state index is 13.0. The van der Waals surface area contributed by atoms with Crippen LogP contribution in [0.5, 0.6) is 0 Å². The lowest BCUT2D eigenvalue weighted by Gasteiger charge is -2.32. The number of hydrogen-bond acceptors (Lipinski definition) is 4. The third-order valence-electron chi connectivity index (χ3n) is 5.97. The minimum absolute atomic E-state index is 0.00381. The minimum atomic E-state index is -0.688. The largest absolute Gasteiger partial charge is 0.481 e. The van der Waals surface area contributed by atoms with Crippen molar-refractivity contribution in [2.75, 3.05) is 43.0 Å². The van der Waals surface area contributed by atoms with Crippen molar-refractivity contribution >= 4 is 28.9 Å². The molecule has 0 radical (unpaired) electrons. The molecule has 2 aliphatic heterocycles. The van der Waals surface area contributed by atoms with Gasteiger partial charge in [0.2, 0.25) is 0 Å². The monoisotopic (exact) mass is 393 g/mol. The molecule has 0 bridgehead atoms. The number of aliphatic carboxylic acids is 1. The molecule has 1 saturated heterocycles. The van der Waals surface area contributed by atoms with Crippen LogP contribution in [-0.4, -0.2) is 55.1 Å². The van der Waals surface area contributed by atoms with Gasteiger partial charge in [-0.3, -0.25) is 9.59 Å². The minimum Gasteiger partial charge on any atom is -0.481 e. The number of para-hydroxylation sites is 3. The van der Waals surface area contributed by atoms with Crippen molar-refractivity contribution in [1.82, 2.24) is 4.90 Å². The maximum Gasteiger partial charge on any atom is 0.307 e. The summed E-state index contributed by atoms with van der Waals surface area (Å²) >= 11 is 0. The average molecular weight is 393 g/mol. The molecule has 6 heteroatoms. The third-order valence-corrected chi connectivity index (χ3v) is 5.97. The fourth-order valence-corrected chi connectivity index (χ4v) is 4.44. The van der Waals surface area contributed by atoms with Crippen molar-refractivity contribution in [3.05, 3.63) is 54.1 Å². The molecule has 0 spiro atoms. The summed E-state index contributed by atoms with van der Waals surface area (Å²) in [7, 11) is 1.82. The van der Waals surface area contributed by atoms with Crippen molar-refractivity contribution in [2.45, 2.75) is 19.3 Å². The maximum atomic E-state index is 13.0. The predicted octanol–water partition coefficient (Wildman–Crippen LogP) is 3.60. The van der Waals surface area contributed by atoms with Crippen LogP contribution >= 0.6 is 0 Å². The second-order valence-corrected chi connectivity index (χ2v) is 7.85. The molecule has 2 heterocycles. The number of carboxylic acids is 1. The quantitative estimate of drug-likeness (QED) is 0.841. The highest BCUT2D eigenvalue weighted by Crippen LogP contribution is 2.39. The molecule has 2 aliphatic rings. The number of amides is 1. The van der Waals surface area contributed by atoms with Crippen LogP contribution in [-0.2, 0) is 4.79 Å². The molecule has 152 valence electrons. The molecule has 29 heavy (non-hydrogen) atoms. The summed E-state index contributed by atoms with van der Waals surface area (Å²) in [4.78, 5) is 30.5. The Bertz CT molecular complexity index is 914. The number of rotatable bonds is 5. The van der Waals surface area contributed by atoms with E-state index in [0.717, 1.165) is 56.0 Å². The van der Waals surface area contributed by atoms with Crippen LogP contribution in [0.3, 0.4) is 0 Å². The Morgan fingerprint density at radius 1 is 1.03 bits per heavy atom. The molecule has 0 aliphatic carbocycles. The first kappa shape index (κ1) is 19.5. The number of carbonyl (C=O) groups is 2. The predicted molar refractivity (Wildman–Crippen MR) is 114 cm³/mol. The second kappa shape index (κ2) is 8.25. The van der Waals surface area contributed by atoms with Gasteiger partial charge in [-0.25, -0.2) is 0 Å². The fraction of sp³-hybridized carbons (Fsp3) is 0.391. The van der Waals surface area contributed by atoms with Crippen molar-refractivity contribution in [3.63, 3.8) is 0 Å². The molecule has 2 aromatic rings. The number of nitrogens with zero attached hydrogens (tertiary/aromatic N) is 3. The van der Waals surface area contributed by atoms with Gasteiger partial charge in [0.15, 0.2) is 0 Å². The van der Waals surface area contributed by atoms with Gasteiger partial charge < -0.3 is 19.8 Å². The summed E-state index contributed by atoms with van der Waals surface area (Å²) in [6.07, 6.45) is 2.60. The van der Waals surface area contributed by atoms with Gasteiger partial charge >= 0.3 is 5.97 Å². The van der Waals surface area contributed by atoms with Gasteiger partial charge in [0.1, 0.15) is 0 Å². The van der Waals surface area contributed by atoms with E-state index in [2.05, 4.69) is 15.9 Å². The van der Waals surface area contributed by atoms with Gasteiger partial charge in [-0.2, -0.15) is 0 Å². The van der Waals surface area contributed by atoms with Gasteiger partial charge in [0.05, 0.1) is 28.5 Å². The van der Waals surface area contributed by atoms with Crippen molar-refractivity contribution in [1.29, 1.82) is 0 Å². The van der Waals surface area contributed by atoms with Crippen LogP contribution in [0.4, 0.5) is 17.1 Å². The Labute approximate surface area is 171 Å². The Morgan fingerprint density at radius 2 is 1.72 bits per heavy atom. The lowest BCUT2D eigenvalue weighted by molar-refractivity contribution is -0.143. The zero-order chi connectivity index (χ0) is 20.4.